The standard InChI is InChI=1S/C11H16N2OS.ClH/c1-15-10-5-3-9(4-6-10)11(14)13-8-2-7-12;/h3-6H,2,7-8,12H2,1H3,(H,13,14);1H. The van der Waals surface area contributed by atoms with Crippen LogP contribution in [0.1, 0.15) is 16.8 Å². The Morgan fingerprint density at radius 2 is 2.00 bits per heavy atom. The molecule has 1 amide bonds. The third-order valence-corrected chi connectivity index (χ3v) is 2.76. The van der Waals surface area contributed by atoms with Crippen LogP contribution >= 0.6 is 24.2 Å². The lowest BCUT2D eigenvalue weighted by molar-refractivity contribution is 0.0953. The van der Waals surface area contributed by atoms with Crippen LogP contribution in [-0.2, 0) is 0 Å². The van der Waals surface area contributed by atoms with Crippen LogP contribution in [0.25, 0.3) is 0 Å². The van der Waals surface area contributed by atoms with Gasteiger partial charge in [0.2, 0.25) is 0 Å². The normalized spacial score (nSPS) is 9.38. The van der Waals surface area contributed by atoms with Gasteiger partial charge >= 0.3 is 0 Å². The number of hydrogen-bond acceptors (Lipinski definition) is 3. The first kappa shape index (κ1) is 15.3. The van der Waals surface area contributed by atoms with E-state index in [1.165, 1.54) is 0 Å². The van der Waals surface area contributed by atoms with E-state index in [0.29, 0.717) is 18.7 Å². The van der Waals surface area contributed by atoms with E-state index in [4.69, 9.17) is 5.73 Å². The monoisotopic (exact) mass is 260 g/mol. The summed E-state index contributed by atoms with van der Waals surface area (Å²) in [7, 11) is 0. The maximum Gasteiger partial charge on any atom is 0.251 e. The van der Waals surface area contributed by atoms with Crippen molar-refractivity contribution in [3.63, 3.8) is 0 Å². The summed E-state index contributed by atoms with van der Waals surface area (Å²) >= 11 is 1.66. The molecule has 0 bridgehead atoms. The van der Waals surface area contributed by atoms with Crippen LogP contribution in [0.2, 0.25) is 0 Å². The maximum absolute atomic E-state index is 11.6. The number of thioether (sulfide) groups is 1. The molecule has 0 atom stereocenters. The average Bonchev–Trinajstić information content (AvgIpc) is 2.29. The number of halogens is 1. The van der Waals surface area contributed by atoms with Crippen LogP contribution in [-0.4, -0.2) is 25.3 Å². The molecule has 5 heteroatoms. The fourth-order valence-electron chi connectivity index (χ4n) is 1.15. The number of hydrogen-bond donors (Lipinski definition) is 2. The lowest BCUT2D eigenvalue weighted by Crippen LogP contribution is -2.25. The molecule has 90 valence electrons. The lowest BCUT2D eigenvalue weighted by atomic mass is 10.2. The van der Waals surface area contributed by atoms with Crippen LogP contribution in [0.5, 0.6) is 0 Å². The molecule has 3 N–H and O–H groups in total. The summed E-state index contributed by atoms with van der Waals surface area (Å²) in [5, 5.41) is 2.81. The number of benzene rings is 1. The molecule has 0 saturated heterocycles. The van der Waals surface area contributed by atoms with Crippen molar-refractivity contribution in [1.82, 2.24) is 5.32 Å². The molecule has 16 heavy (non-hydrogen) atoms. The molecule has 1 aromatic carbocycles. The van der Waals surface area contributed by atoms with Gasteiger partial charge in [-0.25, -0.2) is 0 Å². The van der Waals surface area contributed by atoms with Gasteiger partial charge in [-0.1, -0.05) is 0 Å². The zero-order chi connectivity index (χ0) is 11.1. The van der Waals surface area contributed by atoms with Gasteiger partial charge in [0.1, 0.15) is 0 Å². The van der Waals surface area contributed by atoms with Crippen molar-refractivity contribution in [2.75, 3.05) is 19.3 Å². The first-order valence-electron chi connectivity index (χ1n) is 4.90. The predicted octanol–water partition coefficient (Wildman–Crippen LogP) is 1.91. The number of amides is 1. The van der Waals surface area contributed by atoms with Gasteiger partial charge in [0.15, 0.2) is 0 Å². The maximum atomic E-state index is 11.6. The third-order valence-electron chi connectivity index (χ3n) is 2.02. The van der Waals surface area contributed by atoms with Crippen LogP contribution in [0, 0.1) is 0 Å². The largest absolute Gasteiger partial charge is 0.352 e. The molecule has 0 aliphatic carbocycles. The molecule has 0 radical (unpaired) electrons. The molecule has 0 unspecified atom stereocenters. The van der Waals surface area contributed by atoms with Crippen molar-refractivity contribution in [2.45, 2.75) is 11.3 Å². The summed E-state index contributed by atoms with van der Waals surface area (Å²) in [5.74, 6) is -0.0314. The Labute approximate surface area is 107 Å². The zero-order valence-electron chi connectivity index (χ0n) is 9.23. The number of nitrogens with one attached hydrogen (secondary N) is 1. The Morgan fingerprint density at radius 3 is 2.50 bits per heavy atom. The molecule has 0 fully saturated rings. The summed E-state index contributed by atoms with van der Waals surface area (Å²) < 4.78 is 0. The Hall–Kier alpha value is -0.710. The molecule has 3 nitrogen and oxygen atoms in total. The highest BCUT2D eigenvalue weighted by Gasteiger charge is 2.03. The Balaban J connectivity index is 0.00000225. The highest BCUT2D eigenvalue weighted by Crippen LogP contribution is 2.14. The summed E-state index contributed by atoms with van der Waals surface area (Å²) in [6.45, 7) is 1.24. The molecule has 0 aliphatic rings. The summed E-state index contributed by atoms with van der Waals surface area (Å²) in [5.41, 5.74) is 6.04. The second-order valence-corrected chi connectivity index (χ2v) is 4.01. The molecule has 1 rings (SSSR count). The van der Waals surface area contributed by atoms with E-state index in [-0.39, 0.29) is 18.3 Å². The highest BCUT2D eigenvalue weighted by atomic mass is 35.5. The van der Waals surface area contributed by atoms with Gasteiger partial charge in [0.05, 0.1) is 0 Å². The summed E-state index contributed by atoms with van der Waals surface area (Å²) in [4.78, 5) is 12.7. The molecule has 0 saturated carbocycles. The lowest BCUT2D eigenvalue weighted by Gasteiger charge is -2.04. The molecule has 0 spiro atoms. The summed E-state index contributed by atoms with van der Waals surface area (Å²) in [6.07, 6.45) is 2.82. The highest BCUT2D eigenvalue weighted by molar-refractivity contribution is 7.98. The zero-order valence-corrected chi connectivity index (χ0v) is 10.9. The fourth-order valence-corrected chi connectivity index (χ4v) is 1.56. The van der Waals surface area contributed by atoms with E-state index in [0.717, 1.165) is 11.3 Å². The third kappa shape index (κ3) is 4.88. The minimum absolute atomic E-state index is 0. The van der Waals surface area contributed by atoms with Gasteiger partial charge in [-0.2, -0.15) is 0 Å². The smallest absolute Gasteiger partial charge is 0.251 e. The second-order valence-electron chi connectivity index (χ2n) is 3.13. The first-order valence-corrected chi connectivity index (χ1v) is 6.12. The fraction of sp³-hybridized carbons (Fsp3) is 0.364. The van der Waals surface area contributed by atoms with Crippen LogP contribution in [0.3, 0.4) is 0 Å². The van der Waals surface area contributed by atoms with Crippen molar-refractivity contribution >= 4 is 30.1 Å². The van der Waals surface area contributed by atoms with E-state index in [1.807, 2.05) is 30.5 Å². The van der Waals surface area contributed by atoms with Crippen LogP contribution < -0.4 is 11.1 Å². The van der Waals surface area contributed by atoms with Gasteiger partial charge in [-0.3, -0.25) is 4.79 Å². The number of carbonyl (C=O) groups is 1. The minimum Gasteiger partial charge on any atom is -0.352 e. The summed E-state index contributed by atoms with van der Waals surface area (Å²) in [6, 6.07) is 7.57. The van der Waals surface area contributed by atoms with Crippen LogP contribution in [0.15, 0.2) is 29.2 Å². The van der Waals surface area contributed by atoms with Crippen molar-refractivity contribution in [3.05, 3.63) is 29.8 Å². The Morgan fingerprint density at radius 1 is 1.38 bits per heavy atom. The van der Waals surface area contributed by atoms with E-state index in [1.54, 1.807) is 11.8 Å². The minimum atomic E-state index is -0.0314. The quantitative estimate of drug-likeness (QED) is 0.628. The molecule has 1 aromatic rings. The van der Waals surface area contributed by atoms with Crippen molar-refractivity contribution < 1.29 is 4.79 Å². The predicted molar refractivity (Wildman–Crippen MR) is 71.5 cm³/mol. The number of nitrogens with two attached hydrogens (primary N) is 1. The Kier molecular flexibility index (Phi) is 8.07. The molecule has 0 aromatic heterocycles. The molecular weight excluding hydrogens is 244 g/mol. The van der Waals surface area contributed by atoms with Gasteiger partial charge in [0, 0.05) is 17.0 Å². The molecule has 0 heterocycles. The van der Waals surface area contributed by atoms with E-state index < -0.39 is 0 Å². The van der Waals surface area contributed by atoms with Gasteiger partial charge in [0.25, 0.3) is 5.91 Å². The van der Waals surface area contributed by atoms with Gasteiger partial charge < -0.3 is 11.1 Å². The van der Waals surface area contributed by atoms with Crippen molar-refractivity contribution in [1.29, 1.82) is 0 Å². The van der Waals surface area contributed by atoms with E-state index >= 15 is 0 Å². The topological polar surface area (TPSA) is 55.1 Å². The number of carbonyl (C=O) groups excluding carboxylic acids is 1. The van der Waals surface area contributed by atoms with Gasteiger partial charge in [-0.05, 0) is 43.5 Å². The SMILES string of the molecule is CSc1ccc(C(=O)NCCCN)cc1.Cl. The molecular formula is C11H17ClN2OS. The van der Waals surface area contributed by atoms with Crippen molar-refractivity contribution in [3.8, 4) is 0 Å². The van der Waals surface area contributed by atoms with Gasteiger partial charge in [-0.15, -0.1) is 24.2 Å². The average molecular weight is 261 g/mol. The van der Waals surface area contributed by atoms with Crippen molar-refractivity contribution in [2.24, 2.45) is 5.73 Å². The Bertz CT molecular complexity index is 316. The second kappa shape index (κ2) is 8.44. The van der Waals surface area contributed by atoms with E-state index in [9.17, 15) is 4.79 Å². The van der Waals surface area contributed by atoms with Crippen LogP contribution in [0.4, 0.5) is 0 Å². The molecule has 0 aliphatic heterocycles. The van der Waals surface area contributed by atoms with E-state index in [2.05, 4.69) is 5.32 Å². The number of rotatable bonds is 5. The first-order chi connectivity index (χ1) is 7.27.